The molecule has 6 nitrogen and oxygen atoms in total. The molecule has 3 N–H and O–H groups in total. The molecule has 0 radical (unpaired) electrons. The molecule has 0 aromatic carbocycles. The van der Waals surface area contributed by atoms with Crippen LogP contribution in [-0.4, -0.2) is 61.7 Å². The van der Waals surface area contributed by atoms with Gasteiger partial charge in [-0.15, -0.1) is 0 Å². The molecule has 0 saturated heterocycles. The van der Waals surface area contributed by atoms with Crippen molar-refractivity contribution in [3.05, 3.63) is 23.4 Å². The highest BCUT2D eigenvalue weighted by Gasteiger charge is 2.24. The number of rotatable bonds is 4. The molecule has 1 atom stereocenters. The van der Waals surface area contributed by atoms with Crippen LogP contribution in [0.25, 0.3) is 5.57 Å². The lowest BCUT2D eigenvalue weighted by Crippen LogP contribution is -2.49. The van der Waals surface area contributed by atoms with Crippen LogP contribution in [0.15, 0.2) is 12.3 Å². The number of urea groups is 1. The van der Waals surface area contributed by atoms with Crippen LogP contribution in [-0.2, 0) is 6.42 Å². The van der Waals surface area contributed by atoms with Gasteiger partial charge in [-0.05, 0) is 32.3 Å². The van der Waals surface area contributed by atoms with Gasteiger partial charge in [0.2, 0.25) is 0 Å². The standard InChI is InChI=1S/C18H29N5O/c1-4-23(5-2)18(24)21-14-9-13(10-19-11-14)16-12-20-17-15(16)7-6-8-22(17)3/h9,12,14,19-20H,4-8,10-11H2,1-3H3,(H,21,24). The number of carbonyl (C=O) groups is 1. The maximum absolute atomic E-state index is 12.3. The van der Waals surface area contributed by atoms with Gasteiger partial charge in [0.05, 0.1) is 6.04 Å². The normalized spacial score (nSPS) is 20.4. The van der Waals surface area contributed by atoms with Gasteiger partial charge in [0, 0.05) is 57.1 Å². The Kier molecular flexibility index (Phi) is 5.14. The summed E-state index contributed by atoms with van der Waals surface area (Å²) in [7, 11) is 2.14. The molecular weight excluding hydrogens is 302 g/mol. The zero-order chi connectivity index (χ0) is 17.1. The zero-order valence-electron chi connectivity index (χ0n) is 15.0. The number of anilines is 1. The summed E-state index contributed by atoms with van der Waals surface area (Å²) in [5, 5.41) is 6.57. The van der Waals surface area contributed by atoms with Crippen molar-refractivity contribution in [3.8, 4) is 0 Å². The number of hydrogen-bond donors (Lipinski definition) is 3. The number of H-pyrrole nitrogens is 1. The predicted molar refractivity (Wildman–Crippen MR) is 98.5 cm³/mol. The molecule has 0 spiro atoms. The number of carbonyl (C=O) groups excluding carboxylic acids is 1. The first kappa shape index (κ1) is 16.9. The average molecular weight is 331 g/mol. The Hall–Kier alpha value is -1.95. The lowest BCUT2D eigenvalue weighted by molar-refractivity contribution is 0.200. The van der Waals surface area contributed by atoms with Crippen molar-refractivity contribution in [2.75, 3.05) is 44.7 Å². The van der Waals surface area contributed by atoms with Crippen LogP contribution < -0.4 is 15.5 Å². The molecule has 6 heteroatoms. The monoisotopic (exact) mass is 331 g/mol. The van der Waals surface area contributed by atoms with Crippen molar-refractivity contribution in [2.45, 2.75) is 32.7 Å². The summed E-state index contributed by atoms with van der Waals surface area (Å²) in [5.41, 5.74) is 3.98. The third-order valence-electron chi connectivity index (χ3n) is 5.05. The summed E-state index contributed by atoms with van der Waals surface area (Å²) in [5.74, 6) is 1.24. The highest BCUT2D eigenvalue weighted by molar-refractivity contribution is 5.78. The summed E-state index contributed by atoms with van der Waals surface area (Å²) in [6.45, 7) is 8.22. The van der Waals surface area contributed by atoms with Crippen LogP contribution >= 0.6 is 0 Å². The number of aromatic nitrogens is 1. The number of nitrogens with zero attached hydrogens (tertiary/aromatic N) is 2. The Balaban J connectivity index is 1.77. The summed E-state index contributed by atoms with van der Waals surface area (Å²) < 4.78 is 0. The van der Waals surface area contributed by atoms with Gasteiger partial charge >= 0.3 is 6.03 Å². The minimum Gasteiger partial charge on any atom is -0.361 e. The van der Waals surface area contributed by atoms with Gasteiger partial charge < -0.3 is 25.4 Å². The Morgan fingerprint density at radius 1 is 1.42 bits per heavy atom. The molecule has 1 aromatic rings. The van der Waals surface area contributed by atoms with Gasteiger partial charge in [-0.25, -0.2) is 4.79 Å². The fourth-order valence-electron chi connectivity index (χ4n) is 3.69. The van der Waals surface area contributed by atoms with Crippen molar-refractivity contribution in [1.82, 2.24) is 20.5 Å². The second-order valence-corrected chi connectivity index (χ2v) is 6.61. The van der Waals surface area contributed by atoms with Crippen molar-refractivity contribution in [1.29, 1.82) is 0 Å². The molecule has 0 saturated carbocycles. The van der Waals surface area contributed by atoms with Crippen LogP contribution in [0.2, 0.25) is 0 Å². The highest BCUT2D eigenvalue weighted by atomic mass is 16.2. The van der Waals surface area contributed by atoms with Crippen LogP contribution in [0.3, 0.4) is 0 Å². The molecule has 0 fully saturated rings. The molecule has 2 aliphatic heterocycles. The Bertz CT molecular complexity index is 617. The van der Waals surface area contributed by atoms with E-state index in [2.05, 4.69) is 39.8 Å². The molecular formula is C18H29N5O. The molecule has 3 rings (SSSR count). The van der Waals surface area contributed by atoms with E-state index in [1.165, 1.54) is 28.9 Å². The second kappa shape index (κ2) is 7.30. The van der Waals surface area contributed by atoms with Crippen LogP contribution in [0.4, 0.5) is 10.6 Å². The summed E-state index contributed by atoms with van der Waals surface area (Å²) in [6, 6.07) is 0.0499. The predicted octanol–water partition coefficient (Wildman–Crippen LogP) is 1.80. The Morgan fingerprint density at radius 3 is 2.96 bits per heavy atom. The minimum atomic E-state index is 0.0140. The first-order valence-corrected chi connectivity index (χ1v) is 9.02. The Labute approximate surface area is 144 Å². The van der Waals surface area contributed by atoms with Gasteiger partial charge in [-0.2, -0.15) is 0 Å². The molecule has 1 unspecified atom stereocenters. The number of aromatic amines is 1. The molecule has 2 amide bonds. The molecule has 24 heavy (non-hydrogen) atoms. The molecule has 3 heterocycles. The summed E-state index contributed by atoms with van der Waals surface area (Å²) in [6.07, 6.45) is 6.65. The first-order valence-electron chi connectivity index (χ1n) is 9.02. The maximum Gasteiger partial charge on any atom is 0.317 e. The third-order valence-corrected chi connectivity index (χ3v) is 5.05. The smallest absolute Gasteiger partial charge is 0.317 e. The molecule has 2 aliphatic rings. The van der Waals surface area contributed by atoms with E-state index in [0.29, 0.717) is 0 Å². The van der Waals surface area contributed by atoms with Gasteiger partial charge in [-0.3, -0.25) is 0 Å². The fraction of sp³-hybridized carbons (Fsp3) is 0.611. The number of fused-ring (bicyclic) bond motifs is 1. The quantitative estimate of drug-likeness (QED) is 0.788. The highest BCUT2D eigenvalue weighted by Crippen LogP contribution is 2.32. The van der Waals surface area contributed by atoms with Crippen molar-refractivity contribution < 1.29 is 4.79 Å². The van der Waals surface area contributed by atoms with E-state index < -0.39 is 0 Å². The lowest BCUT2D eigenvalue weighted by atomic mass is 9.95. The molecule has 0 bridgehead atoms. The number of nitrogens with one attached hydrogen (secondary N) is 3. The maximum atomic E-state index is 12.3. The van der Waals surface area contributed by atoms with Crippen molar-refractivity contribution in [3.63, 3.8) is 0 Å². The zero-order valence-corrected chi connectivity index (χ0v) is 15.0. The largest absolute Gasteiger partial charge is 0.361 e. The topological polar surface area (TPSA) is 63.4 Å². The lowest BCUT2D eigenvalue weighted by Gasteiger charge is -2.28. The number of hydrogen-bond acceptors (Lipinski definition) is 3. The third kappa shape index (κ3) is 3.29. The SMILES string of the molecule is CCN(CC)C(=O)NC1C=C(c2c[nH]c3c2CCCN3C)CNC1. The summed E-state index contributed by atoms with van der Waals surface area (Å²) >= 11 is 0. The van der Waals surface area contributed by atoms with Crippen LogP contribution in [0.5, 0.6) is 0 Å². The van der Waals surface area contributed by atoms with E-state index in [0.717, 1.165) is 39.1 Å². The first-order chi connectivity index (χ1) is 11.6. The van der Waals surface area contributed by atoms with Crippen molar-refractivity contribution >= 4 is 17.4 Å². The number of amides is 2. The molecule has 1 aromatic heterocycles. The average Bonchev–Trinajstić information content (AvgIpc) is 3.02. The second-order valence-electron chi connectivity index (χ2n) is 6.61. The van der Waals surface area contributed by atoms with E-state index in [1.807, 2.05) is 18.7 Å². The molecule has 0 aliphatic carbocycles. The van der Waals surface area contributed by atoms with E-state index in [-0.39, 0.29) is 12.1 Å². The van der Waals surface area contributed by atoms with Crippen molar-refractivity contribution in [2.24, 2.45) is 0 Å². The van der Waals surface area contributed by atoms with E-state index in [4.69, 9.17) is 0 Å². The van der Waals surface area contributed by atoms with Gasteiger partial charge in [0.1, 0.15) is 5.82 Å². The minimum absolute atomic E-state index is 0.0140. The van der Waals surface area contributed by atoms with Gasteiger partial charge in [-0.1, -0.05) is 6.08 Å². The fourth-order valence-corrected chi connectivity index (χ4v) is 3.69. The Morgan fingerprint density at radius 2 is 2.21 bits per heavy atom. The molecule has 132 valence electrons. The van der Waals surface area contributed by atoms with Crippen LogP contribution in [0.1, 0.15) is 31.4 Å². The van der Waals surface area contributed by atoms with Gasteiger partial charge in [0.15, 0.2) is 0 Å². The van der Waals surface area contributed by atoms with E-state index in [9.17, 15) is 4.79 Å². The van der Waals surface area contributed by atoms with Gasteiger partial charge in [0.25, 0.3) is 0 Å². The summed E-state index contributed by atoms with van der Waals surface area (Å²) in [4.78, 5) is 19.8. The van der Waals surface area contributed by atoms with E-state index >= 15 is 0 Å². The van der Waals surface area contributed by atoms with Crippen LogP contribution in [0, 0.1) is 0 Å². The van der Waals surface area contributed by atoms with E-state index in [1.54, 1.807) is 0 Å².